The Bertz CT molecular complexity index is 1060. The summed E-state index contributed by atoms with van der Waals surface area (Å²) in [7, 11) is -3.58. The summed E-state index contributed by atoms with van der Waals surface area (Å²) in [6, 6.07) is 15.5. The number of fused-ring (bicyclic) bond motifs is 1. The number of benzene rings is 2. The van der Waals surface area contributed by atoms with Crippen LogP contribution in [0, 0.1) is 0 Å². The van der Waals surface area contributed by atoms with Gasteiger partial charge in [0.15, 0.2) is 0 Å². The van der Waals surface area contributed by atoms with E-state index < -0.39 is 16.1 Å². The number of nitrogens with one attached hydrogen (secondary N) is 1. The van der Waals surface area contributed by atoms with Gasteiger partial charge in [-0.3, -0.25) is 9.59 Å². The van der Waals surface area contributed by atoms with Gasteiger partial charge in [0, 0.05) is 39.0 Å². The van der Waals surface area contributed by atoms with Crippen LogP contribution in [0.5, 0.6) is 0 Å². The lowest BCUT2D eigenvalue weighted by Crippen LogP contribution is -2.55. The number of piperidine rings is 1. The molecule has 8 heteroatoms. The second kappa shape index (κ2) is 8.80. The van der Waals surface area contributed by atoms with Crippen molar-refractivity contribution in [3.8, 4) is 0 Å². The molecule has 0 bridgehead atoms. The van der Waals surface area contributed by atoms with Crippen molar-refractivity contribution in [2.75, 3.05) is 13.1 Å². The molecule has 2 aromatic carbocycles. The van der Waals surface area contributed by atoms with Crippen LogP contribution in [-0.4, -0.2) is 55.2 Å². The highest BCUT2D eigenvalue weighted by atomic mass is 32.2. The first-order chi connectivity index (χ1) is 14.8. The minimum atomic E-state index is -3.58. The van der Waals surface area contributed by atoms with Gasteiger partial charge in [-0.15, -0.1) is 0 Å². The molecule has 0 spiro atoms. The minimum Gasteiger partial charge on any atom is -0.341 e. The molecule has 1 atom stereocenters. The number of sulfonamides is 1. The Morgan fingerprint density at radius 1 is 0.935 bits per heavy atom. The molecule has 31 heavy (non-hydrogen) atoms. The number of carbonyl (C=O) groups excluding carboxylic acids is 2. The Kier molecular flexibility index (Phi) is 6.11. The third-order valence-electron chi connectivity index (χ3n) is 6.12. The van der Waals surface area contributed by atoms with E-state index in [-0.39, 0.29) is 22.8 Å². The van der Waals surface area contributed by atoms with Crippen molar-refractivity contribution in [1.29, 1.82) is 0 Å². The molecule has 2 heterocycles. The molecule has 1 N–H and O–H groups in total. The van der Waals surface area contributed by atoms with Crippen molar-refractivity contribution in [2.45, 2.75) is 49.7 Å². The molecule has 0 aromatic heterocycles. The van der Waals surface area contributed by atoms with Crippen molar-refractivity contribution in [3.63, 3.8) is 0 Å². The summed E-state index contributed by atoms with van der Waals surface area (Å²) < 4.78 is 27.9. The minimum absolute atomic E-state index is 0.0610. The Labute approximate surface area is 183 Å². The van der Waals surface area contributed by atoms with Crippen LogP contribution in [0.1, 0.15) is 30.9 Å². The molecular weight excluding hydrogens is 414 g/mol. The topological polar surface area (TPSA) is 86.8 Å². The molecule has 4 rings (SSSR count). The largest absolute Gasteiger partial charge is 0.341 e. The van der Waals surface area contributed by atoms with Crippen molar-refractivity contribution >= 4 is 21.8 Å². The number of hydrogen-bond acceptors (Lipinski definition) is 4. The van der Waals surface area contributed by atoms with E-state index in [0.717, 1.165) is 11.1 Å². The summed E-state index contributed by atoms with van der Waals surface area (Å²) in [4.78, 5) is 29.2. The molecule has 2 aliphatic rings. The summed E-state index contributed by atoms with van der Waals surface area (Å²) in [5.41, 5.74) is 2.18. The lowest BCUT2D eigenvalue weighted by Gasteiger charge is -2.40. The predicted octanol–water partition coefficient (Wildman–Crippen LogP) is 1.93. The maximum atomic E-state index is 13.3. The fourth-order valence-corrected chi connectivity index (χ4v) is 5.72. The van der Waals surface area contributed by atoms with E-state index in [0.29, 0.717) is 38.9 Å². The first kappa shape index (κ1) is 21.5. The van der Waals surface area contributed by atoms with E-state index in [1.165, 1.54) is 6.92 Å². The predicted molar refractivity (Wildman–Crippen MR) is 117 cm³/mol. The van der Waals surface area contributed by atoms with Crippen LogP contribution in [0.4, 0.5) is 0 Å². The summed E-state index contributed by atoms with van der Waals surface area (Å²) in [6.07, 6.45) is 1.59. The number of carbonyl (C=O) groups is 2. The maximum Gasteiger partial charge on any atom is 0.245 e. The van der Waals surface area contributed by atoms with Crippen molar-refractivity contribution < 1.29 is 18.0 Å². The lowest BCUT2D eigenvalue weighted by atomic mass is 9.92. The second-order valence-corrected chi connectivity index (χ2v) is 9.88. The summed E-state index contributed by atoms with van der Waals surface area (Å²) in [6.45, 7) is 2.86. The molecule has 2 aliphatic heterocycles. The van der Waals surface area contributed by atoms with E-state index in [2.05, 4.69) is 4.72 Å². The van der Waals surface area contributed by atoms with Gasteiger partial charge >= 0.3 is 0 Å². The van der Waals surface area contributed by atoms with E-state index in [4.69, 9.17) is 0 Å². The third kappa shape index (κ3) is 4.65. The molecular formula is C23H27N3O4S. The van der Waals surface area contributed by atoms with Crippen molar-refractivity contribution in [3.05, 3.63) is 65.7 Å². The zero-order valence-electron chi connectivity index (χ0n) is 17.5. The molecule has 1 fully saturated rings. The van der Waals surface area contributed by atoms with Crippen LogP contribution in [0.3, 0.4) is 0 Å². The van der Waals surface area contributed by atoms with Crippen LogP contribution in [0.25, 0.3) is 0 Å². The Balaban J connectivity index is 1.40. The summed E-state index contributed by atoms with van der Waals surface area (Å²) in [5.74, 6) is -0.174. The van der Waals surface area contributed by atoms with Crippen LogP contribution >= 0.6 is 0 Å². The average molecular weight is 442 g/mol. The molecule has 0 radical (unpaired) electrons. The molecule has 0 unspecified atom stereocenters. The number of nitrogens with zero attached hydrogens (tertiary/aromatic N) is 2. The zero-order chi connectivity index (χ0) is 22.0. The standard InChI is InChI=1S/C23H27N3O4S/c1-17(27)26-16-19-8-6-5-7-18(19)15-22(26)23(28)25-13-11-20(12-14-25)24-31(29,30)21-9-3-2-4-10-21/h2-10,20,22,24H,11-16H2,1H3/t22-/m0/s1. The van der Waals surface area contributed by atoms with Crippen molar-refractivity contribution in [2.24, 2.45) is 0 Å². The molecule has 0 aliphatic carbocycles. The number of hydrogen-bond donors (Lipinski definition) is 1. The van der Waals surface area contributed by atoms with Gasteiger partial charge in [-0.1, -0.05) is 42.5 Å². The van der Waals surface area contributed by atoms with Crippen LogP contribution < -0.4 is 4.72 Å². The molecule has 2 amide bonds. The monoisotopic (exact) mass is 441 g/mol. The van der Waals surface area contributed by atoms with Gasteiger partial charge in [0.25, 0.3) is 0 Å². The van der Waals surface area contributed by atoms with Gasteiger partial charge in [0.05, 0.1) is 4.90 Å². The molecule has 0 saturated carbocycles. The average Bonchev–Trinajstić information content (AvgIpc) is 2.78. The van der Waals surface area contributed by atoms with Crippen molar-refractivity contribution in [1.82, 2.24) is 14.5 Å². The maximum absolute atomic E-state index is 13.3. The molecule has 2 aromatic rings. The molecule has 1 saturated heterocycles. The highest BCUT2D eigenvalue weighted by Gasteiger charge is 2.37. The lowest BCUT2D eigenvalue weighted by molar-refractivity contribution is -0.146. The van der Waals surface area contributed by atoms with E-state index in [9.17, 15) is 18.0 Å². The first-order valence-corrected chi connectivity index (χ1v) is 12.0. The summed E-state index contributed by atoms with van der Waals surface area (Å²) in [5, 5.41) is 0. The second-order valence-electron chi connectivity index (χ2n) is 8.17. The van der Waals surface area contributed by atoms with Gasteiger partial charge in [-0.25, -0.2) is 13.1 Å². The first-order valence-electron chi connectivity index (χ1n) is 10.6. The molecule has 164 valence electrons. The third-order valence-corrected chi connectivity index (χ3v) is 7.66. The Morgan fingerprint density at radius 2 is 1.55 bits per heavy atom. The Hall–Kier alpha value is -2.71. The van der Waals surface area contributed by atoms with Gasteiger partial charge in [0.1, 0.15) is 6.04 Å². The van der Waals surface area contributed by atoms with Gasteiger partial charge in [-0.05, 0) is 36.1 Å². The van der Waals surface area contributed by atoms with Crippen LogP contribution in [0.2, 0.25) is 0 Å². The number of likely N-dealkylation sites (tertiary alicyclic amines) is 1. The smallest absolute Gasteiger partial charge is 0.245 e. The number of amides is 2. The van der Waals surface area contributed by atoms with E-state index in [1.807, 2.05) is 24.3 Å². The SMILES string of the molecule is CC(=O)N1Cc2ccccc2C[C@H]1C(=O)N1CCC(NS(=O)(=O)c2ccccc2)CC1. The number of rotatable bonds is 4. The van der Waals surface area contributed by atoms with Crippen LogP contribution in [0.15, 0.2) is 59.5 Å². The van der Waals surface area contributed by atoms with E-state index >= 15 is 0 Å². The van der Waals surface area contributed by atoms with Gasteiger partial charge in [-0.2, -0.15) is 0 Å². The fourth-order valence-electron chi connectivity index (χ4n) is 4.39. The zero-order valence-corrected chi connectivity index (χ0v) is 18.3. The van der Waals surface area contributed by atoms with Crippen LogP contribution in [-0.2, 0) is 32.6 Å². The normalized spacial score (nSPS) is 19.7. The van der Waals surface area contributed by atoms with Gasteiger partial charge in [0.2, 0.25) is 21.8 Å². The highest BCUT2D eigenvalue weighted by Crippen LogP contribution is 2.26. The highest BCUT2D eigenvalue weighted by molar-refractivity contribution is 7.89. The Morgan fingerprint density at radius 3 is 2.19 bits per heavy atom. The fraction of sp³-hybridized carbons (Fsp3) is 0.391. The quantitative estimate of drug-likeness (QED) is 0.786. The van der Waals surface area contributed by atoms with Gasteiger partial charge < -0.3 is 9.80 Å². The summed E-state index contributed by atoms with van der Waals surface area (Å²) >= 11 is 0. The molecule has 7 nitrogen and oxygen atoms in total. The van der Waals surface area contributed by atoms with E-state index in [1.54, 1.807) is 40.1 Å².